The van der Waals surface area contributed by atoms with Gasteiger partial charge in [0.05, 0.1) is 13.1 Å². The van der Waals surface area contributed by atoms with Crippen LogP contribution in [-0.4, -0.2) is 36.5 Å². The van der Waals surface area contributed by atoms with E-state index in [1.165, 1.54) is 0 Å². The molecule has 0 aliphatic rings. The second-order valence-corrected chi connectivity index (χ2v) is 1.88. The molecular formula is C6H14N2O2. The first-order valence-electron chi connectivity index (χ1n) is 3.46. The van der Waals surface area contributed by atoms with Crippen LogP contribution in [0.3, 0.4) is 0 Å². The fourth-order valence-electron chi connectivity index (χ4n) is 0.424. The molecule has 0 saturated heterocycles. The van der Waals surface area contributed by atoms with Gasteiger partial charge in [0.2, 0.25) is 0 Å². The minimum atomic E-state index is 0.166. The monoisotopic (exact) mass is 146 g/mol. The summed E-state index contributed by atoms with van der Waals surface area (Å²) in [5.41, 5.74) is 0. The van der Waals surface area contributed by atoms with Crippen molar-refractivity contribution in [2.45, 2.75) is 12.8 Å². The summed E-state index contributed by atoms with van der Waals surface area (Å²) in [5, 5.41) is 24.2. The van der Waals surface area contributed by atoms with Crippen molar-refractivity contribution in [1.29, 1.82) is 0 Å². The van der Waals surface area contributed by atoms with E-state index in [9.17, 15) is 0 Å². The summed E-state index contributed by atoms with van der Waals surface area (Å²) < 4.78 is 0. The number of azo groups is 1. The topological polar surface area (TPSA) is 65.2 Å². The quantitative estimate of drug-likeness (QED) is 0.415. The van der Waals surface area contributed by atoms with Gasteiger partial charge in [0.25, 0.3) is 0 Å². The summed E-state index contributed by atoms with van der Waals surface area (Å²) in [6.07, 6.45) is 1.34. The van der Waals surface area contributed by atoms with Crippen molar-refractivity contribution in [2.24, 2.45) is 10.2 Å². The standard InChI is InChI=1S/C6H14N2O2/c9-5-1-3-7-8-4-2-6-10/h9-10H,1-6H2. The number of aliphatic hydroxyl groups is 2. The first-order valence-corrected chi connectivity index (χ1v) is 3.46. The zero-order chi connectivity index (χ0) is 7.66. The highest BCUT2D eigenvalue weighted by molar-refractivity contribution is 4.41. The average molecular weight is 146 g/mol. The molecule has 2 N–H and O–H groups in total. The van der Waals surface area contributed by atoms with Crippen molar-refractivity contribution in [3.8, 4) is 0 Å². The lowest BCUT2D eigenvalue weighted by Crippen LogP contribution is -1.88. The zero-order valence-corrected chi connectivity index (χ0v) is 6.03. The van der Waals surface area contributed by atoms with Crippen LogP contribution in [0, 0.1) is 0 Å². The maximum atomic E-state index is 8.33. The number of hydrogen-bond donors (Lipinski definition) is 2. The summed E-state index contributed by atoms with van der Waals surface area (Å²) in [6.45, 7) is 1.50. The average Bonchev–Trinajstić information content (AvgIpc) is 1.97. The van der Waals surface area contributed by atoms with Crippen molar-refractivity contribution in [3.63, 3.8) is 0 Å². The van der Waals surface area contributed by atoms with Crippen LogP contribution in [0.4, 0.5) is 0 Å². The molecule has 0 aromatic carbocycles. The maximum absolute atomic E-state index is 8.33. The molecule has 4 heteroatoms. The molecule has 60 valence electrons. The number of rotatable bonds is 6. The Morgan fingerprint density at radius 2 is 1.20 bits per heavy atom. The third-order valence-electron chi connectivity index (χ3n) is 0.932. The Hall–Kier alpha value is -0.480. The maximum Gasteiger partial charge on any atom is 0.0620 e. The predicted octanol–water partition coefficient (Wildman–Crippen LogP) is 0.203. The SMILES string of the molecule is OCCCN=NCCCO. The van der Waals surface area contributed by atoms with Crippen LogP contribution in [0.2, 0.25) is 0 Å². The van der Waals surface area contributed by atoms with E-state index in [0.29, 0.717) is 25.9 Å². The van der Waals surface area contributed by atoms with Gasteiger partial charge >= 0.3 is 0 Å². The Balaban J connectivity index is 2.89. The van der Waals surface area contributed by atoms with Crippen molar-refractivity contribution < 1.29 is 10.2 Å². The second-order valence-electron chi connectivity index (χ2n) is 1.88. The first kappa shape index (κ1) is 9.52. The lowest BCUT2D eigenvalue weighted by molar-refractivity contribution is 0.287. The molecule has 0 atom stereocenters. The normalized spacial score (nSPS) is 11.0. The summed E-state index contributed by atoms with van der Waals surface area (Å²) in [5.74, 6) is 0. The Morgan fingerprint density at radius 3 is 1.50 bits per heavy atom. The van der Waals surface area contributed by atoms with E-state index in [0.717, 1.165) is 0 Å². The van der Waals surface area contributed by atoms with Crippen LogP contribution in [0.1, 0.15) is 12.8 Å². The number of nitrogens with zero attached hydrogens (tertiary/aromatic N) is 2. The smallest absolute Gasteiger partial charge is 0.0620 e. The molecule has 0 amide bonds. The van der Waals surface area contributed by atoms with Gasteiger partial charge in [-0.1, -0.05) is 0 Å². The third-order valence-corrected chi connectivity index (χ3v) is 0.932. The summed E-state index contributed by atoms with van der Waals surface area (Å²) in [4.78, 5) is 0. The molecule has 0 aromatic rings. The van der Waals surface area contributed by atoms with Gasteiger partial charge < -0.3 is 10.2 Å². The van der Waals surface area contributed by atoms with Crippen LogP contribution < -0.4 is 0 Å². The summed E-state index contributed by atoms with van der Waals surface area (Å²) in [6, 6.07) is 0. The van der Waals surface area contributed by atoms with Crippen LogP contribution in [0.25, 0.3) is 0 Å². The van der Waals surface area contributed by atoms with Crippen LogP contribution in [0.5, 0.6) is 0 Å². The van der Waals surface area contributed by atoms with E-state index >= 15 is 0 Å². The molecule has 10 heavy (non-hydrogen) atoms. The van der Waals surface area contributed by atoms with Gasteiger partial charge in [-0.15, -0.1) is 0 Å². The van der Waals surface area contributed by atoms with Gasteiger partial charge in [0.15, 0.2) is 0 Å². The molecule has 0 aliphatic heterocycles. The highest BCUT2D eigenvalue weighted by Crippen LogP contribution is 1.83. The van der Waals surface area contributed by atoms with Crippen LogP contribution in [-0.2, 0) is 0 Å². The van der Waals surface area contributed by atoms with Crippen LogP contribution >= 0.6 is 0 Å². The van der Waals surface area contributed by atoms with Gasteiger partial charge in [-0.2, -0.15) is 10.2 Å². The van der Waals surface area contributed by atoms with E-state index in [4.69, 9.17) is 10.2 Å². The molecule has 0 radical (unpaired) electrons. The number of hydrogen-bond acceptors (Lipinski definition) is 4. The Morgan fingerprint density at radius 1 is 0.800 bits per heavy atom. The second kappa shape index (κ2) is 8.52. The summed E-state index contributed by atoms with van der Waals surface area (Å²) >= 11 is 0. The van der Waals surface area contributed by atoms with Crippen molar-refractivity contribution in [3.05, 3.63) is 0 Å². The number of aliphatic hydroxyl groups excluding tert-OH is 2. The molecule has 0 saturated carbocycles. The minimum absolute atomic E-state index is 0.166. The molecule has 0 spiro atoms. The molecule has 0 rings (SSSR count). The third kappa shape index (κ3) is 7.52. The Bertz CT molecular complexity index is 75.8. The molecule has 4 nitrogen and oxygen atoms in total. The molecule has 0 bridgehead atoms. The molecular weight excluding hydrogens is 132 g/mol. The van der Waals surface area contributed by atoms with E-state index in [1.807, 2.05) is 0 Å². The van der Waals surface area contributed by atoms with Crippen molar-refractivity contribution in [2.75, 3.05) is 26.3 Å². The van der Waals surface area contributed by atoms with Gasteiger partial charge in [-0.25, -0.2) is 0 Å². The van der Waals surface area contributed by atoms with Gasteiger partial charge in [0.1, 0.15) is 0 Å². The molecule has 0 aromatic heterocycles. The van der Waals surface area contributed by atoms with E-state index in [2.05, 4.69) is 10.2 Å². The van der Waals surface area contributed by atoms with Crippen molar-refractivity contribution in [1.82, 2.24) is 0 Å². The summed E-state index contributed by atoms with van der Waals surface area (Å²) in [7, 11) is 0. The largest absolute Gasteiger partial charge is 0.396 e. The Kier molecular flexibility index (Phi) is 8.11. The van der Waals surface area contributed by atoms with E-state index in [1.54, 1.807) is 0 Å². The molecule has 0 aliphatic carbocycles. The first-order chi connectivity index (χ1) is 4.91. The molecule has 0 fully saturated rings. The highest BCUT2D eigenvalue weighted by Gasteiger charge is 1.81. The molecule has 0 heterocycles. The van der Waals surface area contributed by atoms with E-state index < -0.39 is 0 Å². The van der Waals surface area contributed by atoms with E-state index in [-0.39, 0.29) is 13.2 Å². The zero-order valence-electron chi connectivity index (χ0n) is 6.03. The lowest BCUT2D eigenvalue weighted by atomic mass is 10.5. The minimum Gasteiger partial charge on any atom is -0.396 e. The fraction of sp³-hybridized carbons (Fsp3) is 1.00. The van der Waals surface area contributed by atoms with Gasteiger partial charge in [-0.05, 0) is 12.8 Å². The Labute approximate surface area is 60.6 Å². The lowest BCUT2D eigenvalue weighted by Gasteiger charge is -1.88. The highest BCUT2D eigenvalue weighted by atomic mass is 16.3. The predicted molar refractivity (Wildman–Crippen MR) is 38.0 cm³/mol. The molecule has 0 unspecified atom stereocenters. The van der Waals surface area contributed by atoms with Gasteiger partial charge in [0, 0.05) is 13.2 Å². The van der Waals surface area contributed by atoms with Crippen molar-refractivity contribution >= 4 is 0 Å². The van der Waals surface area contributed by atoms with Gasteiger partial charge in [-0.3, -0.25) is 0 Å². The van der Waals surface area contributed by atoms with Crippen LogP contribution in [0.15, 0.2) is 10.2 Å². The fourth-order valence-corrected chi connectivity index (χ4v) is 0.424.